The van der Waals surface area contributed by atoms with Gasteiger partial charge in [-0.05, 0) is 31.0 Å². The molecule has 0 unspecified atom stereocenters. The van der Waals surface area contributed by atoms with Crippen LogP contribution in [-0.4, -0.2) is 58.2 Å². The Morgan fingerprint density at radius 1 is 1.35 bits per heavy atom. The van der Waals surface area contributed by atoms with Crippen LogP contribution < -0.4 is 4.31 Å². The molecule has 1 amide bonds. The molecule has 0 radical (unpaired) electrons. The number of carbonyl (C=O) groups excluding carboxylic acids is 2. The van der Waals surface area contributed by atoms with E-state index >= 15 is 0 Å². The van der Waals surface area contributed by atoms with E-state index in [4.69, 9.17) is 16.3 Å². The lowest BCUT2D eigenvalue weighted by Crippen LogP contribution is -2.46. The van der Waals surface area contributed by atoms with Gasteiger partial charge in [0.05, 0.1) is 30.0 Å². The Labute approximate surface area is 156 Å². The minimum Gasteiger partial charge on any atom is -0.469 e. The number of nitrogens with zero attached hydrogens (tertiary/aromatic N) is 2. The van der Waals surface area contributed by atoms with Crippen molar-refractivity contribution < 1.29 is 27.1 Å². The van der Waals surface area contributed by atoms with Crippen LogP contribution >= 0.6 is 11.6 Å². The van der Waals surface area contributed by atoms with Crippen LogP contribution in [0.5, 0.6) is 0 Å². The maximum Gasteiger partial charge on any atom is 0.308 e. The zero-order chi connectivity index (χ0) is 19.5. The number of benzene rings is 1. The van der Waals surface area contributed by atoms with Gasteiger partial charge in [-0.15, -0.1) is 0 Å². The van der Waals surface area contributed by atoms with Gasteiger partial charge in [0.15, 0.2) is 0 Å². The van der Waals surface area contributed by atoms with E-state index in [1.165, 1.54) is 18.1 Å². The molecule has 26 heavy (non-hydrogen) atoms. The highest BCUT2D eigenvalue weighted by atomic mass is 35.5. The molecular weight excluding hydrogens is 387 g/mol. The van der Waals surface area contributed by atoms with Crippen LogP contribution in [0.15, 0.2) is 18.2 Å². The minimum atomic E-state index is -3.78. The Morgan fingerprint density at radius 2 is 1.96 bits per heavy atom. The summed E-state index contributed by atoms with van der Waals surface area (Å²) in [7, 11) is -2.46. The third kappa shape index (κ3) is 4.85. The van der Waals surface area contributed by atoms with Crippen LogP contribution in [0.1, 0.15) is 12.8 Å². The fourth-order valence-electron chi connectivity index (χ4n) is 2.79. The summed E-state index contributed by atoms with van der Waals surface area (Å²) in [4.78, 5) is 25.6. The van der Waals surface area contributed by atoms with Crippen molar-refractivity contribution in [1.29, 1.82) is 0 Å². The molecule has 0 aliphatic carbocycles. The van der Waals surface area contributed by atoms with E-state index in [2.05, 4.69) is 0 Å². The van der Waals surface area contributed by atoms with Gasteiger partial charge in [-0.25, -0.2) is 12.8 Å². The maximum absolute atomic E-state index is 13.3. The number of likely N-dealkylation sites (tertiary alicyclic amines) is 1. The molecule has 0 N–H and O–H groups in total. The van der Waals surface area contributed by atoms with Crippen LogP contribution in [0.25, 0.3) is 0 Å². The molecule has 1 fully saturated rings. The molecule has 1 saturated heterocycles. The van der Waals surface area contributed by atoms with E-state index < -0.39 is 28.3 Å². The van der Waals surface area contributed by atoms with Crippen LogP contribution in [0, 0.1) is 11.7 Å². The Bertz CT molecular complexity index is 794. The number of anilines is 1. The van der Waals surface area contributed by atoms with Crippen LogP contribution in [0.3, 0.4) is 0 Å². The second-order valence-corrected chi connectivity index (χ2v) is 8.36. The average molecular weight is 407 g/mol. The number of amides is 1. The Morgan fingerprint density at radius 3 is 2.46 bits per heavy atom. The van der Waals surface area contributed by atoms with Gasteiger partial charge in [0, 0.05) is 13.1 Å². The monoisotopic (exact) mass is 406 g/mol. The molecule has 0 saturated carbocycles. The molecule has 2 rings (SSSR count). The summed E-state index contributed by atoms with van der Waals surface area (Å²) < 4.78 is 43.1. The molecule has 1 aromatic carbocycles. The average Bonchev–Trinajstić information content (AvgIpc) is 2.60. The number of hydrogen-bond donors (Lipinski definition) is 0. The summed E-state index contributed by atoms with van der Waals surface area (Å²) >= 11 is 5.72. The first kappa shape index (κ1) is 20.4. The molecule has 10 heteroatoms. The summed E-state index contributed by atoms with van der Waals surface area (Å²) in [5.74, 6) is -1.65. The van der Waals surface area contributed by atoms with E-state index in [1.54, 1.807) is 0 Å². The van der Waals surface area contributed by atoms with Gasteiger partial charge in [0.25, 0.3) is 0 Å². The zero-order valence-corrected chi connectivity index (χ0v) is 16.0. The Hall–Kier alpha value is -1.87. The highest BCUT2D eigenvalue weighted by Crippen LogP contribution is 2.25. The SMILES string of the molecule is COC(=O)C1CCN(C(=O)CN(c2ccc(F)c(Cl)c2)S(C)(=O)=O)CC1. The first-order valence-corrected chi connectivity index (χ1v) is 10.1. The molecule has 0 bridgehead atoms. The summed E-state index contributed by atoms with van der Waals surface area (Å²) in [5, 5.41) is -0.234. The topological polar surface area (TPSA) is 84.0 Å². The summed E-state index contributed by atoms with van der Waals surface area (Å²) in [6, 6.07) is 3.45. The number of rotatable bonds is 5. The molecule has 0 atom stereocenters. The third-order valence-corrected chi connectivity index (χ3v) is 5.68. The van der Waals surface area contributed by atoms with Crippen molar-refractivity contribution in [2.24, 2.45) is 5.92 Å². The van der Waals surface area contributed by atoms with Crippen LogP contribution in [-0.2, 0) is 24.3 Å². The molecule has 0 aromatic heterocycles. The molecule has 1 aliphatic rings. The van der Waals surface area contributed by atoms with E-state index in [0.717, 1.165) is 22.7 Å². The number of sulfonamides is 1. The van der Waals surface area contributed by atoms with Gasteiger partial charge in [0.2, 0.25) is 15.9 Å². The number of ether oxygens (including phenoxy) is 1. The second-order valence-electron chi connectivity index (χ2n) is 6.05. The van der Waals surface area contributed by atoms with Crippen molar-refractivity contribution in [3.63, 3.8) is 0 Å². The maximum atomic E-state index is 13.3. The van der Waals surface area contributed by atoms with Crippen LogP contribution in [0.2, 0.25) is 5.02 Å². The largest absolute Gasteiger partial charge is 0.469 e. The van der Waals surface area contributed by atoms with Crippen molar-refractivity contribution in [2.45, 2.75) is 12.8 Å². The fourth-order valence-corrected chi connectivity index (χ4v) is 3.81. The van der Waals surface area contributed by atoms with E-state index in [9.17, 15) is 22.4 Å². The van der Waals surface area contributed by atoms with E-state index in [-0.39, 0.29) is 22.6 Å². The van der Waals surface area contributed by atoms with Crippen molar-refractivity contribution in [1.82, 2.24) is 4.90 Å². The van der Waals surface area contributed by atoms with Gasteiger partial charge >= 0.3 is 5.97 Å². The quantitative estimate of drug-likeness (QED) is 0.694. The predicted octanol–water partition coefficient (Wildman–Crippen LogP) is 1.66. The number of hydrogen-bond acceptors (Lipinski definition) is 5. The van der Waals surface area contributed by atoms with Gasteiger partial charge < -0.3 is 9.64 Å². The third-order valence-electron chi connectivity index (χ3n) is 4.25. The Balaban J connectivity index is 2.11. The fraction of sp³-hybridized carbons (Fsp3) is 0.500. The molecule has 144 valence electrons. The lowest BCUT2D eigenvalue weighted by atomic mass is 9.97. The molecule has 1 aromatic rings. The van der Waals surface area contributed by atoms with E-state index in [1.807, 2.05) is 0 Å². The molecular formula is C16H20ClFN2O5S. The summed E-state index contributed by atoms with van der Waals surface area (Å²) in [6.45, 7) is 0.241. The smallest absolute Gasteiger partial charge is 0.308 e. The standard InChI is InChI=1S/C16H20ClFN2O5S/c1-25-16(22)11-5-7-19(8-6-11)15(21)10-20(26(2,23)24)12-3-4-14(18)13(17)9-12/h3-4,9,11H,5-8,10H2,1-2H3. The highest BCUT2D eigenvalue weighted by molar-refractivity contribution is 7.92. The van der Waals surface area contributed by atoms with Crippen molar-refractivity contribution >= 4 is 39.2 Å². The van der Waals surface area contributed by atoms with Crippen molar-refractivity contribution in [3.05, 3.63) is 29.0 Å². The van der Waals surface area contributed by atoms with Crippen molar-refractivity contribution in [2.75, 3.05) is 37.3 Å². The van der Waals surface area contributed by atoms with Gasteiger partial charge in [0.1, 0.15) is 12.4 Å². The molecule has 0 spiro atoms. The minimum absolute atomic E-state index is 0.108. The molecule has 1 heterocycles. The number of halogens is 2. The second kappa shape index (κ2) is 8.22. The lowest BCUT2D eigenvalue weighted by Gasteiger charge is -2.32. The van der Waals surface area contributed by atoms with E-state index in [0.29, 0.717) is 25.9 Å². The highest BCUT2D eigenvalue weighted by Gasteiger charge is 2.30. The Kier molecular flexibility index (Phi) is 6.46. The van der Waals surface area contributed by atoms with Gasteiger partial charge in [-0.3, -0.25) is 13.9 Å². The first-order chi connectivity index (χ1) is 12.1. The van der Waals surface area contributed by atoms with Gasteiger partial charge in [-0.2, -0.15) is 0 Å². The molecule has 7 nitrogen and oxygen atoms in total. The lowest BCUT2D eigenvalue weighted by molar-refractivity contribution is -0.148. The van der Waals surface area contributed by atoms with Crippen molar-refractivity contribution in [3.8, 4) is 0 Å². The number of piperidine rings is 1. The number of carbonyl (C=O) groups is 2. The van der Waals surface area contributed by atoms with Gasteiger partial charge in [-0.1, -0.05) is 11.6 Å². The summed E-state index contributed by atoms with van der Waals surface area (Å²) in [5.41, 5.74) is 0.108. The number of methoxy groups -OCH3 is 1. The zero-order valence-electron chi connectivity index (χ0n) is 14.4. The summed E-state index contributed by atoms with van der Waals surface area (Å²) in [6.07, 6.45) is 1.88. The van der Waals surface area contributed by atoms with Crippen LogP contribution in [0.4, 0.5) is 10.1 Å². The normalized spacial score (nSPS) is 15.6. The predicted molar refractivity (Wildman–Crippen MR) is 94.9 cm³/mol. The number of esters is 1. The molecule has 1 aliphatic heterocycles. The first-order valence-electron chi connectivity index (χ1n) is 7.92.